The maximum absolute atomic E-state index is 12.0. The fourth-order valence-electron chi connectivity index (χ4n) is 2.22. The molecule has 4 nitrogen and oxygen atoms in total. The number of aliphatic carboxylic acids is 1. The van der Waals surface area contributed by atoms with Crippen molar-refractivity contribution in [3.05, 3.63) is 64.7 Å². The smallest absolute Gasteiger partial charge is 0.307 e. The molecule has 0 saturated carbocycles. The summed E-state index contributed by atoms with van der Waals surface area (Å²) in [6, 6.07) is 14.3. The van der Waals surface area contributed by atoms with E-state index in [2.05, 4.69) is 5.32 Å². The van der Waals surface area contributed by atoms with Gasteiger partial charge in [-0.05, 0) is 43.2 Å². The van der Waals surface area contributed by atoms with E-state index in [-0.39, 0.29) is 12.3 Å². The molecule has 0 aromatic heterocycles. The quantitative estimate of drug-likeness (QED) is 0.843. The van der Waals surface area contributed by atoms with Gasteiger partial charge in [0, 0.05) is 17.1 Å². The highest BCUT2D eigenvalue weighted by molar-refractivity contribution is 6.30. The summed E-state index contributed by atoms with van der Waals surface area (Å²) in [6.07, 6.45) is 0.246. The van der Waals surface area contributed by atoms with E-state index in [0.717, 1.165) is 11.1 Å². The normalized spacial score (nSPS) is 11.7. The summed E-state index contributed by atoms with van der Waals surface area (Å²) in [4.78, 5) is 23.5. The SMILES string of the molecule is Cc1ccc(C[C@H](CC(=O)Nc2ccc(Cl)cc2)C(=O)O)cc1. The fourth-order valence-corrected chi connectivity index (χ4v) is 2.35. The van der Waals surface area contributed by atoms with Crippen LogP contribution in [-0.4, -0.2) is 17.0 Å². The summed E-state index contributed by atoms with van der Waals surface area (Å²) >= 11 is 5.79. The Kier molecular flexibility index (Phi) is 5.77. The van der Waals surface area contributed by atoms with Gasteiger partial charge in [0.15, 0.2) is 0 Å². The van der Waals surface area contributed by atoms with Crippen LogP contribution in [0.4, 0.5) is 5.69 Å². The van der Waals surface area contributed by atoms with Gasteiger partial charge < -0.3 is 10.4 Å². The molecule has 0 unspecified atom stereocenters. The van der Waals surface area contributed by atoms with Crippen LogP contribution in [-0.2, 0) is 16.0 Å². The number of aryl methyl sites for hydroxylation is 1. The number of hydrogen-bond donors (Lipinski definition) is 2. The predicted molar refractivity (Wildman–Crippen MR) is 90.7 cm³/mol. The first-order valence-corrected chi connectivity index (χ1v) is 7.65. The Balaban J connectivity index is 1.98. The first-order chi connectivity index (χ1) is 10.9. The molecule has 1 amide bonds. The number of halogens is 1. The van der Waals surface area contributed by atoms with Crippen molar-refractivity contribution in [1.82, 2.24) is 0 Å². The van der Waals surface area contributed by atoms with Crippen molar-refractivity contribution < 1.29 is 14.7 Å². The molecular weight excluding hydrogens is 314 g/mol. The van der Waals surface area contributed by atoms with Crippen molar-refractivity contribution in [3.8, 4) is 0 Å². The highest BCUT2D eigenvalue weighted by Gasteiger charge is 2.21. The highest BCUT2D eigenvalue weighted by atomic mass is 35.5. The van der Waals surface area contributed by atoms with Crippen LogP contribution in [0.15, 0.2) is 48.5 Å². The second kappa shape index (κ2) is 7.79. The summed E-state index contributed by atoms with van der Waals surface area (Å²) < 4.78 is 0. The number of rotatable bonds is 6. The molecule has 5 heteroatoms. The number of carboxylic acids is 1. The molecule has 2 rings (SSSR count). The number of benzene rings is 2. The number of anilines is 1. The summed E-state index contributed by atoms with van der Waals surface area (Å²) in [5.41, 5.74) is 2.61. The third-order valence-electron chi connectivity index (χ3n) is 3.51. The Morgan fingerprint density at radius 1 is 1.09 bits per heavy atom. The van der Waals surface area contributed by atoms with Gasteiger partial charge in [-0.25, -0.2) is 0 Å². The Morgan fingerprint density at radius 3 is 2.26 bits per heavy atom. The molecule has 2 aromatic rings. The average molecular weight is 332 g/mol. The molecule has 120 valence electrons. The van der Waals surface area contributed by atoms with Crippen molar-refractivity contribution >= 4 is 29.2 Å². The number of amides is 1. The maximum atomic E-state index is 12.0. The summed E-state index contributed by atoms with van der Waals surface area (Å²) in [5.74, 6) is -2.06. The monoisotopic (exact) mass is 331 g/mol. The molecular formula is C18H18ClNO3. The third-order valence-corrected chi connectivity index (χ3v) is 3.76. The first kappa shape index (κ1) is 17.0. The average Bonchev–Trinajstić information content (AvgIpc) is 2.51. The van der Waals surface area contributed by atoms with Crippen molar-refractivity contribution in [2.45, 2.75) is 19.8 Å². The van der Waals surface area contributed by atoms with Gasteiger partial charge in [-0.3, -0.25) is 9.59 Å². The van der Waals surface area contributed by atoms with E-state index in [4.69, 9.17) is 11.6 Å². The Labute approximate surface area is 140 Å². The van der Waals surface area contributed by atoms with E-state index in [1.54, 1.807) is 24.3 Å². The van der Waals surface area contributed by atoms with Crippen LogP contribution in [0, 0.1) is 12.8 Å². The van der Waals surface area contributed by atoms with E-state index < -0.39 is 11.9 Å². The number of carbonyl (C=O) groups excluding carboxylic acids is 1. The van der Waals surface area contributed by atoms with Gasteiger partial charge in [0.1, 0.15) is 0 Å². The van der Waals surface area contributed by atoms with Gasteiger partial charge in [0.25, 0.3) is 0 Å². The van der Waals surface area contributed by atoms with E-state index >= 15 is 0 Å². The Morgan fingerprint density at radius 2 is 1.70 bits per heavy atom. The van der Waals surface area contributed by atoms with Crippen LogP contribution >= 0.6 is 11.6 Å². The first-order valence-electron chi connectivity index (χ1n) is 7.28. The van der Waals surface area contributed by atoms with Gasteiger partial charge in [0.05, 0.1) is 5.92 Å². The maximum Gasteiger partial charge on any atom is 0.307 e. The molecule has 2 N–H and O–H groups in total. The number of carbonyl (C=O) groups is 2. The largest absolute Gasteiger partial charge is 0.481 e. The van der Waals surface area contributed by atoms with Crippen LogP contribution in [0.3, 0.4) is 0 Å². The van der Waals surface area contributed by atoms with Gasteiger partial charge in [-0.2, -0.15) is 0 Å². The molecule has 0 bridgehead atoms. The predicted octanol–water partition coefficient (Wildman–Crippen LogP) is 3.92. The second-order valence-corrected chi connectivity index (χ2v) is 5.92. The number of hydrogen-bond acceptors (Lipinski definition) is 2. The third kappa shape index (κ3) is 5.42. The molecule has 23 heavy (non-hydrogen) atoms. The molecule has 0 heterocycles. The van der Waals surface area contributed by atoms with Gasteiger partial charge >= 0.3 is 5.97 Å². The van der Waals surface area contributed by atoms with Crippen molar-refractivity contribution in [2.75, 3.05) is 5.32 Å². The van der Waals surface area contributed by atoms with Crippen molar-refractivity contribution in [1.29, 1.82) is 0 Å². The zero-order valence-electron chi connectivity index (χ0n) is 12.8. The molecule has 0 aliphatic heterocycles. The van der Waals surface area contributed by atoms with E-state index in [1.165, 1.54) is 0 Å². The fraction of sp³-hybridized carbons (Fsp3) is 0.222. The molecule has 0 fully saturated rings. The lowest BCUT2D eigenvalue weighted by Crippen LogP contribution is -2.24. The lowest BCUT2D eigenvalue weighted by Gasteiger charge is -2.13. The van der Waals surface area contributed by atoms with Crippen LogP contribution in [0.1, 0.15) is 17.5 Å². The molecule has 0 aliphatic rings. The standard InChI is InChI=1S/C18H18ClNO3/c1-12-2-4-13(5-3-12)10-14(18(22)23)11-17(21)20-16-8-6-15(19)7-9-16/h2-9,14H,10-11H2,1H3,(H,20,21)(H,22,23)/t14-/m1/s1. The van der Waals surface area contributed by atoms with Crippen LogP contribution in [0.25, 0.3) is 0 Å². The molecule has 0 saturated heterocycles. The van der Waals surface area contributed by atoms with Gasteiger partial charge in [-0.1, -0.05) is 41.4 Å². The molecule has 0 aliphatic carbocycles. The van der Waals surface area contributed by atoms with Crippen LogP contribution < -0.4 is 5.32 Å². The molecule has 0 spiro atoms. The molecule has 0 radical (unpaired) electrons. The van der Waals surface area contributed by atoms with E-state index in [9.17, 15) is 14.7 Å². The highest BCUT2D eigenvalue weighted by Crippen LogP contribution is 2.17. The molecule has 1 atom stereocenters. The minimum Gasteiger partial charge on any atom is -0.481 e. The lowest BCUT2D eigenvalue weighted by molar-refractivity contribution is -0.143. The Hall–Kier alpha value is -2.33. The zero-order valence-corrected chi connectivity index (χ0v) is 13.5. The summed E-state index contributed by atoms with van der Waals surface area (Å²) in [6.45, 7) is 1.97. The van der Waals surface area contributed by atoms with E-state index in [1.807, 2.05) is 31.2 Å². The lowest BCUT2D eigenvalue weighted by atomic mass is 9.95. The minimum absolute atomic E-state index is 0.0775. The second-order valence-electron chi connectivity index (χ2n) is 5.48. The topological polar surface area (TPSA) is 66.4 Å². The van der Waals surface area contributed by atoms with Crippen molar-refractivity contribution in [3.63, 3.8) is 0 Å². The number of nitrogens with one attached hydrogen (secondary N) is 1. The zero-order chi connectivity index (χ0) is 16.8. The Bertz CT molecular complexity index is 680. The van der Waals surface area contributed by atoms with Crippen molar-refractivity contribution in [2.24, 2.45) is 5.92 Å². The van der Waals surface area contributed by atoms with E-state index in [0.29, 0.717) is 17.1 Å². The number of carboxylic acid groups (broad SMARTS) is 1. The van der Waals surface area contributed by atoms with Gasteiger partial charge in [-0.15, -0.1) is 0 Å². The van der Waals surface area contributed by atoms with Gasteiger partial charge in [0.2, 0.25) is 5.91 Å². The van der Waals surface area contributed by atoms with Crippen LogP contribution in [0.5, 0.6) is 0 Å². The molecule has 2 aromatic carbocycles. The summed E-state index contributed by atoms with van der Waals surface area (Å²) in [5, 5.41) is 12.6. The summed E-state index contributed by atoms with van der Waals surface area (Å²) in [7, 11) is 0. The minimum atomic E-state index is -0.975. The van der Waals surface area contributed by atoms with Crippen LogP contribution in [0.2, 0.25) is 5.02 Å².